The Hall–Kier alpha value is -2.70. The molecule has 100 valence electrons. The molecule has 0 saturated heterocycles. The monoisotopic (exact) mass is 265 g/mol. The molecule has 1 aromatic rings. The number of carboxylic acids is 2. The number of carboxylic acid groups (broad SMARTS) is 2. The van der Waals surface area contributed by atoms with Crippen LogP contribution in [-0.4, -0.2) is 27.1 Å². The minimum atomic E-state index is -2.18. The Morgan fingerprint density at radius 2 is 1.74 bits per heavy atom. The van der Waals surface area contributed by atoms with Gasteiger partial charge >= 0.3 is 11.9 Å². The maximum absolute atomic E-state index is 11.3. The lowest BCUT2D eigenvalue weighted by atomic mass is 9.77. The van der Waals surface area contributed by atoms with E-state index in [1.54, 1.807) is 0 Å². The molecule has 1 rings (SSSR count). The average Bonchev–Trinajstić information content (AvgIpc) is 2.35. The quantitative estimate of drug-likeness (QED) is 0.349. The summed E-state index contributed by atoms with van der Waals surface area (Å²) < 4.78 is 0. The van der Waals surface area contributed by atoms with Gasteiger partial charge in [-0.15, -0.1) is 6.58 Å². The lowest BCUT2D eigenvalue weighted by Gasteiger charge is -2.23. The van der Waals surface area contributed by atoms with Crippen molar-refractivity contribution < 1.29 is 24.7 Å². The first-order chi connectivity index (χ1) is 8.86. The highest BCUT2D eigenvalue weighted by atomic mass is 16.6. The average molecular weight is 265 g/mol. The number of non-ortho nitro benzene ring substituents is 1. The number of allylic oxidation sites excluding steroid dienone is 1. The van der Waals surface area contributed by atoms with Gasteiger partial charge < -0.3 is 10.2 Å². The molecular weight excluding hydrogens is 254 g/mol. The second-order valence-corrected chi connectivity index (χ2v) is 3.81. The number of benzene rings is 1. The van der Waals surface area contributed by atoms with E-state index in [0.717, 1.165) is 24.3 Å². The highest BCUT2D eigenvalue weighted by Crippen LogP contribution is 2.31. The Morgan fingerprint density at radius 3 is 2.05 bits per heavy atom. The summed E-state index contributed by atoms with van der Waals surface area (Å²) >= 11 is 0. The van der Waals surface area contributed by atoms with E-state index in [9.17, 15) is 29.9 Å². The van der Waals surface area contributed by atoms with Crippen LogP contribution in [0.2, 0.25) is 0 Å². The van der Waals surface area contributed by atoms with Crippen LogP contribution >= 0.6 is 0 Å². The van der Waals surface area contributed by atoms with Crippen molar-refractivity contribution in [2.75, 3.05) is 0 Å². The van der Waals surface area contributed by atoms with Gasteiger partial charge in [-0.1, -0.05) is 18.2 Å². The zero-order valence-electron chi connectivity index (χ0n) is 9.78. The first-order valence-corrected chi connectivity index (χ1v) is 5.19. The van der Waals surface area contributed by atoms with E-state index in [1.807, 2.05) is 0 Å². The number of nitro benzene ring substituents is 1. The molecular formula is C12H11NO6. The van der Waals surface area contributed by atoms with Crippen LogP contribution in [0.3, 0.4) is 0 Å². The molecule has 0 aliphatic rings. The van der Waals surface area contributed by atoms with E-state index >= 15 is 0 Å². The van der Waals surface area contributed by atoms with Crippen LogP contribution in [-0.2, 0) is 15.0 Å². The molecule has 0 spiro atoms. The Morgan fingerprint density at radius 1 is 1.26 bits per heavy atom. The Bertz CT molecular complexity index is 520. The fraction of sp³-hybridized carbons (Fsp3) is 0.167. The van der Waals surface area contributed by atoms with Crippen LogP contribution in [0.1, 0.15) is 12.0 Å². The number of hydrogen-bond acceptors (Lipinski definition) is 4. The third kappa shape index (κ3) is 2.44. The second-order valence-electron chi connectivity index (χ2n) is 3.81. The molecule has 0 atom stereocenters. The van der Waals surface area contributed by atoms with Crippen molar-refractivity contribution in [3.05, 3.63) is 52.6 Å². The van der Waals surface area contributed by atoms with Gasteiger partial charge in [0.2, 0.25) is 0 Å². The molecule has 0 saturated carbocycles. The summed E-state index contributed by atoms with van der Waals surface area (Å²) in [5.41, 5.74) is -2.47. The number of carbonyl (C=O) groups is 2. The van der Waals surface area contributed by atoms with Crippen molar-refractivity contribution in [1.82, 2.24) is 0 Å². The predicted molar refractivity (Wildman–Crippen MR) is 64.9 cm³/mol. The summed E-state index contributed by atoms with van der Waals surface area (Å²) in [6.45, 7) is 3.35. The van der Waals surface area contributed by atoms with Crippen molar-refractivity contribution in [3.8, 4) is 0 Å². The number of rotatable bonds is 6. The minimum Gasteiger partial charge on any atom is -0.480 e. The smallest absolute Gasteiger partial charge is 0.325 e. The van der Waals surface area contributed by atoms with E-state index in [0.29, 0.717) is 0 Å². The molecule has 0 aliphatic heterocycles. The lowest BCUT2D eigenvalue weighted by molar-refractivity contribution is -0.384. The maximum Gasteiger partial charge on any atom is 0.325 e. The largest absolute Gasteiger partial charge is 0.480 e. The van der Waals surface area contributed by atoms with Gasteiger partial charge in [0.15, 0.2) is 5.41 Å². The van der Waals surface area contributed by atoms with Crippen molar-refractivity contribution in [2.45, 2.75) is 11.8 Å². The van der Waals surface area contributed by atoms with Crippen molar-refractivity contribution in [3.63, 3.8) is 0 Å². The number of hydrogen-bond donors (Lipinski definition) is 2. The molecule has 1 aromatic carbocycles. The third-order valence-electron chi connectivity index (χ3n) is 2.75. The standard InChI is InChI=1S/C12H11NO6/c1-2-7-12(10(14)15,11(16)17)8-3-5-9(6-4-8)13(18)19/h2-6H,1,7H2,(H,14,15)(H,16,17). The van der Waals surface area contributed by atoms with Crippen molar-refractivity contribution in [1.29, 1.82) is 0 Å². The van der Waals surface area contributed by atoms with Crippen LogP contribution in [0.4, 0.5) is 5.69 Å². The molecule has 19 heavy (non-hydrogen) atoms. The SMILES string of the molecule is C=CCC(C(=O)O)(C(=O)O)c1ccc([N+](=O)[O-])cc1. The fourth-order valence-electron chi connectivity index (χ4n) is 1.72. The molecule has 0 bridgehead atoms. The van der Waals surface area contributed by atoms with E-state index < -0.39 is 22.3 Å². The van der Waals surface area contributed by atoms with Crippen LogP contribution < -0.4 is 0 Å². The van der Waals surface area contributed by atoms with E-state index in [2.05, 4.69) is 6.58 Å². The van der Waals surface area contributed by atoms with E-state index in [4.69, 9.17) is 0 Å². The van der Waals surface area contributed by atoms with Crippen molar-refractivity contribution >= 4 is 17.6 Å². The molecule has 7 nitrogen and oxygen atoms in total. The predicted octanol–water partition coefficient (Wildman–Crippen LogP) is 1.58. The maximum atomic E-state index is 11.3. The van der Waals surface area contributed by atoms with Gasteiger partial charge in [0.1, 0.15) is 0 Å². The van der Waals surface area contributed by atoms with Gasteiger partial charge in [0.05, 0.1) is 4.92 Å². The van der Waals surface area contributed by atoms with E-state index in [1.165, 1.54) is 6.08 Å². The summed E-state index contributed by atoms with van der Waals surface area (Å²) in [4.78, 5) is 32.5. The van der Waals surface area contributed by atoms with Crippen LogP contribution in [0.5, 0.6) is 0 Å². The summed E-state index contributed by atoms with van der Waals surface area (Å²) in [5, 5.41) is 28.9. The molecule has 0 aromatic heterocycles. The first kappa shape index (κ1) is 14.4. The van der Waals surface area contributed by atoms with Gasteiger partial charge in [-0.2, -0.15) is 0 Å². The Kier molecular flexibility index (Phi) is 4.00. The van der Waals surface area contributed by atoms with Gasteiger partial charge in [-0.3, -0.25) is 19.7 Å². The topological polar surface area (TPSA) is 118 Å². The van der Waals surface area contributed by atoms with Crippen LogP contribution in [0.25, 0.3) is 0 Å². The molecule has 2 N–H and O–H groups in total. The second kappa shape index (κ2) is 5.30. The normalized spacial score (nSPS) is 10.7. The van der Waals surface area contributed by atoms with Gasteiger partial charge in [0, 0.05) is 12.1 Å². The summed E-state index contributed by atoms with van der Waals surface area (Å²) in [5.74, 6) is -3.09. The van der Waals surface area contributed by atoms with E-state index in [-0.39, 0.29) is 17.7 Å². The molecule has 7 heteroatoms. The van der Waals surface area contributed by atoms with Crippen molar-refractivity contribution in [2.24, 2.45) is 0 Å². The lowest BCUT2D eigenvalue weighted by Crippen LogP contribution is -2.43. The first-order valence-electron chi connectivity index (χ1n) is 5.19. The minimum absolute atomic E-state index is 0.0435. The highest BCUT2D eigenvalue weighted by molar-refractivity contribution is 6.05. The zero-order valence-corrected chi connectivity index (χ0v) is 9.78. The third-order valence-corrected chi connectivity index (χ3v) is 2.75. The molecule has 0 radical (unpaired) electrons. The van der Waals surface area contributed by atoms with Gasteiger partial charge in [-0.25, -0.2) is 0 Å². The fourth-order valence-corrected chi connectivity index (χ4v) is 1.72. The summed E-state index contributed by atoms with van der Waals surface area (Å²) in [6.07, 6.45) is 0.860. The Balaban J connectivity index is 3.40. The van der Waals surface area contributed by atoms with Gasteiger partial charge in [0.25, 0.3) is 5.69 Å². The molecule has 0 heterocycles. The number of nitrogens with zero attached hydrogens (tertiary/aromatic N) is 1. The molecule has 0 fully saturated rings. The number of nitro groups is 1. The number of aliphatic carboxylic acids is 2. The van der Waals surface area contributed by atoms with Crippen LogP contribution in [0.15, 0.2) is 36.9 Å². The summed E-state index contributed by atoms with van der Waals surface area (Å²) in [7, 11) is 0. The van der Waals surface area contributed by atoms with Crippen LogP contribution in [0, 0.1) is 10.1 Å². The molecule has 0 aliphatic carbocycles. The Labute approximate surface area is 107 Å². The molecule has 0 amide bonds. The highest BCUT2D eigenvalue weighted by Gasteiger charge is 2.47. The van der Waals surface area contributed by atoms with Gasteiger partial charge in [-0.05, 0) is 12.0 Å². The molecule has 0 unspecified atom stereocenters. The zero-order chi connectivity index (χ0) is 14.6. The summed E-state index contributed by atoms with van der Waals surface area (Å²) in [6, 6.07) is 4.39.